The largest absolute Gasteiger partial charge is 0.491 e. The predicted octanol–water partition coefficient (Wildman–Crippen LogP) is 3.45. The number of imide groups is 1. The number of halogens is 1. The number of hydrogen-bond acceptors (Lipinski definition) is 5. The van der Waals surface area contributed by atoms with Crippen molar-refractivity contribution in [1.82, 2.24) is 4.90 Å². The van der Waals surface area contributed by atoms with E-state index in [1.54, 1.807) is 24.3 Å². The Hall–Kier alpha value is -3.19. The first-order valence-corrected chi connectivity index (χ1v) is 9.29. The Kier molecular flexibility index (Phi) is 6.29. The van der Waals surface area contributed by atoms with Crippen LogP contribution in [0.2, 0.25) is 0 Å². The third-order valence-corrected chi connectivity index (χ3v) is 4.32. The Morgan fingerprint density at radius 3 is 2.24 bits per heavy atom. The lowest BCUT2D eigenvalue weighted by atomic mass is 10.0. The molecule has 1 aliphatic heterocycles. The summed E-state index contributed by atoms with van der Waals surface area (Å²) in [7, 11) is 1.50. The summed E-state index contributed by atoms with van der Waals surface area (Å²) in [6, 6.07) is 12.6. The molecule has 2 aromatic carbocycles. The summed E-state index contributed by atoms with van der Waals surface area (Å²) in [5.74, 6) is -0.610. The van der Waals surface area contributed by atoms with Gasteiger partial charge < -0.3 is 14.8 Å². The molecule has 0 unspecified atom stereocenters. The summed E-state index contributed by atoms with van der Waals surface area (Å²) in [6.07, 6.45) is 0.0463. The van der Waals surface area contributed by atoms with Crippen molar-refractivity contribution in [3.05, 3.63) is 65.6 Å². The maximum absolute atomic E-state index is 13.3. The first kappa shape index (κ1) is 20.5. The number of methoxy groups -OCH3 is 1. The van der Waals surface area contributed by atoms with Gasteiger partial charge in [0.1, 0.15) is 17.3 Å². The molecule has 1 aliphatic rings. The second kappa shape index (κ2) is 8.87. The van der Waals surface area contributed by atoms with Gasteiger partial charge in [0, 0.05) is 12.8 Å². The second-order valence-corrected chi connectivity index (χ2v) is 6.83. The summed E-state index contributed by atoms with van der Waals surface area (Å²) in [4.78, 5) is 27.0. The molecule has 2 amide bonds. The van der Waals surface area contributed by atoms with Crippen LogP contribution in [0.1, 0.15) is 19.4 Å². The fourth-order valence-electron chi connectivity index (χ4n) is 3.00. The number of carbonyl (C=O) groups excluding carboxylic acids is 2. The van der Waals surface area contributed by atoms with Gasteiger partial charge in [-0.2, -0.15) is 0 Å². The van der Waals surface area contributed by atoms with Crippen LogP contribution in [0.15, 0.2) is 54.2 Å². The van der Waals surface area contributed by atoms with Gasteiger partial charge in [0.05, 0.1) is 24.8 Å². The van der Waals surface area contributed by atoms with Crippen LogP contribution in [0.5, 0.6) is 5.75 Å². The normalized spacial score (nSPS) is 14.2. The molecule has 2 aromatic rings. The fourth-order valence-corrected chi connectivity index (χ4v) is 3.00. The Labute approximate surface area is 168 Å². The molecule has 0 spiro atoms. The maximum atomic E-state index is 13.3. The van der Waals surface area contributed by atoms with Crippen molar-refractivity contribution in [3.63, 3.8) is 0 Å². The zero-order chi connectivity index (χ0) is 21.0. The number of anilines is 1. The van der Waals surface area contributed by atoms with Crippen molar-refractivity contribution < 1.29 is 23.5 Å². The molecule has 3 rings (SSSR count). The molecule has 0 fully saturated rings. The van der Waals surface area contributed by atoms with Gasteiger partial charge in [0.25, 0.3) is 11.8 Å². The van der Waals surface area contributed by atoms with E-state index in [0.29, 0.717) is 17.0 Å². The minimum absolute atomic E-state index is 0.0463. The summed E-state index contributed by atoms with van der Waals surface area (Å²) in [6.45, 7) is 4.22. The number of carbonyl (C=O) groups is 2. The number of amides is 2. The molecule has 0 aliphatic carbocycles. The molecule has 7 heteroatoms. The molecule has 0 radical (unpaired) electrons. The van der Waals surface area contributed by atoms with Crippen LogP contribution in [-0.4, -0.2) is 43.1 Å². The third kappa shape index (κ3) is 4.63. The Balaban J connectivity index is 1.94. The SMILES string of the molecule is COCCN1C(=O)C(Nc2ccc(OC(C)C)cc2)=C(c2ccc(F)cc2)C1=O. The average molecular weight is 398 g/mol. The lowest BCUT2D eigenvalue weighted by molar-refractivity contribution is -0.137. The minimum atomic E-state index is -0.450. The molecule has 152 valence electrons. The summed E-state index contributed by atoms with van der Waals surface area (Å²) in [5, 5.41) is 3.05. The third-order valence-electron chi connectivity index (χ3n) is 4.32. The number of ether oxygens (including phenoxy) is 2. The monoisotopic (exact) mass is 398 g/mol. The molecular formula is C22H23FN2O4. The molecule has 0 bridgehead atoms. The zero-order valence-electron chi connectivity index (χ0n) is 16.6. The van der Waals surface area contributed by atoms with Crippen LogP contribution < -0.4 is 10.1 Å². The predicted molar refractivity (Wildman–Crippen MR) is 108 cm³/mol. The van der Waals surface area contributed by atoms with E-state index in [1.165, 1.54) is 31.4 Å². The smallest absolute Gasteiger partial charge is 0.278 e. The van der Waals surface area contributed by atoms with Crippen molar-refractivity contribution in [1.29, 1.82) is 0 Å². The molecule has 0 atom stereocenters. The minimum Gasteiger partial charge on any atom is -0.491 e. The molecule has 1 N–H and O–H groups in total. The van der Waals surface area contributed by atoms with Crippen molar-refractivity contribution in [2.75, 3.05) is 25.6 Å². The van der Waals surface area contributed by atoms with E-state index in [2.05, 4.69) is 5.32 Å². The summed E-state index contributed by atoms with van der Waals surface area (Å²) < 4.78 is 24.0. The van der Waals surface area contributed by atoms with Gasteiger partial charge in [-0.3, -0.25) is 14.5 Å². The van der Waals surface area contributed by atoms with Gasteiger partial charge >= 0.3 is 0 Å². The van der Waals surface area contributed by atoms with Gasteiger partial charge in [0.15, 0.2) is 0 Å². The number of rotatable bonds is 8. The quantitative estimate of drug-likeness (QED) is 0.690. The van der Waals surface area contributed by atoms with Crippen LogP contribution in [0.4, 0.5) is 10.1 Å². The van der Waals surface area contributed by atoms with E-state index in [1.807, 2.05) is 13.8 Å². The number of hydrogen-bond donors (Lipinski definition) is 1. The standard InChI is InChI=1S/C22H23FN2O4/c1-14(2)29-18-10-8-17(9-11-18)24-20-19(15-4-6-16(23)7-5-15)21(26)25(22(20)27)12-13-28-3/h4-11,14,24H,12-13H2,1-3H3. The molecule has 0 aromatic heterocycles. The maximum Gasteiger partial charge on any atom is 0.278 e. The van der Waals surface area contributed by atoms with Gasteiger partial charge in [-0.25, -0.2) is 4.39 Å². The van der Waals surface area contributed by atoms with Crippen LogP contribution in [-0.2, 0) is 14.3 Å². The molecular weight excluding hydrogens is 375 g/mol. The van der Waals surface area contributed by atoms with Gasteiger partial charge in [0.2, 0.25) is 0 Å². The summed E-state index contributed by atoms with van der Waals surface area (Å²) in [5.41, 5.74) is 1.45. The first-order chi connectivity index (χ1) is 13.9. The fraction of sp³-hybridized carbons (Fsp3) is 0.273. The molecule has 6 nitrogen and oxygen atoms in total. The lowest BCUT2D eigenvalue weighted by Crippen LogP contribution is -2.35. The first-order valence-electron chi connectivity index (χ1n) is 9.29. The lowest BCUT2D eigenvalue weighted by Gasteiger charge is -2.14. The van der Waals surface area contributed by atoms with E-state index >= 15 is 0 Å². The van der Waals surface area contributed by atoms with E-state index in [0.717, 1.165) is 4.90 Å². The molecule has 0 saturated carbocycles. The topological polar surface area (TPSA) is 67.9 Å². The van der Waals surface area contributed by atoms with Crippen LogP contribution >= 0.6 is 0 Å². The Bertz CT molecular complexity index is 921. The number of benzene rings is 2. The molecule has 1 heterocycles. The van der Waals surface area contributed by atoms with E-state index in [4.69, 9.17) is 9.47 Å². The van der Waals surface area contributed by atoms with Crippen molar-refractivity contribution >= 4 is 23.1 Å². The number of nitrogens with one attached hydrogen (secondary N) is 1. The highest BCUT2D eigenvalue weighted by Gasteiger charge is 2.38. The highest BCUT2D eigenvalue weighted by atomic mass is 19.1. The van der Waals surface area contributed by atoms with Crippen molar-refractivity contribution in [3.8, 4) is 5.75 Å². The zero-order valence-corrected chi connectivity index (χ0v) is 16.6. The average Bonchev–Trinajstić information content (AvgIpc) is 2.92. The van der Waals surface area contributed by atoms with Gasteiger partial charge in [-0.15, -0.1) is 0 Å². The van der Waals surface area contributed by atoms with Crippen LogP contribution in [0.25, 0.3) is 5.57 Å². The van der Waals surface area contributed by atoms with Crippen LogP contribution in [0, 0.1) is 5.82 Å². The highest BCUT2D eigenvalue weighted by molar-refractivity contribution is 6.36. The van der Waals surface area contributed by atoms with Crippen molar-refractivity contribution in [2.45, 2.75) is 20.0 Å². The molecule has 0 saturated heterocycles. The summed E-state index contributed by atoms with van der Waals surface area (Å²) >= 11 is 0. The highest BCUT2D eigenvalue weighted by Crippen LogP contribution is 2.31. The second-order valence-electron chi connectivity index (χ2n) is 6.83. The van der Waals surface area contributed by atoms with E-state index < -0.39 is 17.6 Å². The number of nitrogens with zero attached hydrogens (tertiary/aromatic N) is 1. The van der Waals surface area contributed by atoms with Gasteiger partial charge in [-0.05, 0) is 55.8 Å². The van der Waals surface area contributed by atoms with Crippen LogP contribution in [0.3, 0.4) is 0 Å². The Morgan fingerprint density at radius 2 is 1.66 bits per heavy atom. The van der Waals surface area contributed by atoms with E-state index in [9.17, 15) is 14.0 Å². The Morgan fingerprint density at radius 1 is 1.00 bits per heavy atom. The van der Waals surface area contributed by atoms with Gasteiger partial charge in [-0.1, -0.05) is 12.1 Å². The van der Waals surface area contributed by atoms with E-state index in [-0.39, 0.29) is 30.5 Å². The van der Waals surface area contributed by atoms with Crippen molar-refractivity contribution in [2.24, 2.45) is 0 Å². The molecule has 29 heavy (non-hydrogen) atoms.